The van der Waals surface area contributed by atoms with Crippen molar-refractivity contribution in [1.29, 1.82) is 0 Å². The maximum Gasteiger partial charge on any atom is 0.149 e. The minimum absolute atomic E-state index is 0.166. The van der Waals surface area contributed by atoms with E-state index in [4.69, 9.17) is 10.5 Å². The number of pyridine rings is 1. The molecular formula is C12H19N3O2. The van der Waals surface area contributed by atoms with Gasteiger partial charge in [-0.15, -0.1) is 0 Å². The highest BCUT2D eigenvalue weighted by Crippen LogP contribution is 2.27. The molecular weight excluding hydrogens is 218 g/mol. The van der Waals surface area contributed by atoms with Crippen LogP contribution in [0.4, 0.5) is 11.5 Å². The van der Waals surface area contributed by atoms with Gasteiger partial charge >= 0.3 is 0 Å². The molecule has 1 saturated heterocycles. The second-order valence-corrected chi connectivity index (χ2v) is 4.61. The van der Waals surface area contributed by atoms with E-state index in [2.05, 4.69) is 10.3 Å². The summed E-state index contributed by atoms with van der Waals surface area (Å²) in [5.41, 5.74) is 6.68. The van der Waals surface area contributed by atoms with E-state index in [-0.39, 0.29) is 6.10 Å². The van der Waals surface area contributed by atoms with Crippen LogP contribution >= 0.6 is 0 Å². The molecule has 1 aliphatic rings. The third kappa shape index (κ3) is 2.35. The Labute approximate surface area is 101 Å². The molecule has 1 aliphatic heterocycles. The van der Waals surface area contributed by atoms with Crippen LogP contribution < -0.4 is 11.1 Å². The minimum atomic E-state index is -0.835. The van der Waals surface area contributed by atoms with Crippen LogP contribution in [0, 0.1) is 6.92 Å². The van der Waals surface area contributed by atoms with Gasteiger partial charge in [-0.25, -0.2) is 4.98 Å². The van der Waals surface area contributed by atoms with Gasteiger partial charge < -0.3 is 20.9 Å². The zero-order valence-electron chi connectivity index (χ0n) is 10.2. The number of rotatable bonds is 3. The van der Waals surface area contributed by atoms with Crippen LogP contribution in [0.1, 0.15) is 18.9 Å². The highest BCUT2D eigenvalue weighted by atomic mass is 16.5. The summed E-state index contributed by atoms with van der Waals surface area (Å²) in [6.07, 6.45) is 2.17. The molecule has 5 nitrogen and oxygen atoms in total. The lowest BCUT2D eigenvalue weighted by molar-refractivity contribution is -0.0176. The summed E-state index contributed by atoms with van der Waals surface area (Å²) < 4.78 is 5.37. The molecule has 0 aliphatic carbocycles. The Morgan fingerprint density at radius 1 is 1.71 bits per heavy atom. The summed E-state index contributed by atoms with van der Waals surface area (Å²) in [5, 5.41) is 13.4. The average molecular weight is 237 g/mol. The molecule has 17 heavy (non-hydrogen) atoms. The lowest BCUT2D eigenvalue weighted by Gasteiger charge is -2.26. The normalized spacial score (nSPS) is 28.3. The topological polar surface area (TPSA) is 80.4 Å². The van der Waals surface area contributed by atoms with E-state index in [0.717, 1.165) is 5.56 Å². The molecule has 1 aromatic rings. The van der Waals surface area contributed by atoms with E-state index in [1.165, 1.54) is 0 Å². The van der Waals surface area contributed by atoms with Crippen molar-refractivity contribution in [3.05, 3.63) is 17.8 Å². The molecule has 0 saturated carbocycles. The molecule has 94 valence electrons. The molecule has 1 fully saturated rings. The molecule has 2 atom stereocenters. The fourth-order valence-electron chi connectivity index (χ4n) is 1.95. The summed E-state index contributed by atoms with van der Waals surface area (Å²) in [5.74, 6) is 0.623. The maximum atomic E-state index is 10.3. The number of nitrogens with two attached hydrogens (primary N) is 1. The van der Waals surface area contributed by atoms with Gasteiger partial charge in [0.05, 0.1) is 11.8 Å². The van der Waals surface area contributed by atoms with Crippen molar-refractivity contribution in [1.82, 2.24) is 4.98 Å². The fraction of sp³-hybridized carbons (Fsp3) is 0.583. The number of ether oxygens (including phenoxy) is 1. The smallest absolute Gasteiger partial charge is 0.149 e. The van der Waals surface area contributed by atoms with E-state index in [1.54, 1.807) is 6.20 Å². The number of anilines is 2. The average Bonchev–Trinajstić information content (AvgIpc) is 2.62. The molecule has 0 bridgehead atoms. The highest BCUT2D eigenvalue weighted by molar-refractivity contribution is 5.64. The van der Waals surface area contributed by atoms with Crippen LogP contribution in [0.2, 0.25) is 0 Å². The van der Waals surface area contributed by atoms with Gasteiger partial charge in [0.25, 0.3) is 0 Å². The fourth-order valence-corrected chi connectivity index (χ4v) is 1.95. The summed E-state index contributed by atoms with van der Waals surface area (Å²) in [6, 6.07) is 1.86. The van der Waals surface area contributed by atoms with E-state index < -0.39 is 5.60 Å². The van der Waals surface area contributed by atoms with Gasteiger partial charge in [-0.2, -0.15) is 0 Å². The Kier molecular flexibility index (Phi) is 3.22. The first-order chi connectivity index (χ1) is 8.03. The maximum absolute atomic E-state index is 10.3. The Bertz CT molecular complexity index is 411. The van der Waals surface area contributed by atoms with Crippen molar-refractivity contribution in [2.45, 2.75) is 32.0 Å². The van der Waals surface area contributed by atoms with Crippen LogP contribution in [0.5, 0.6) is 0 Å². The Morgan fingerprint density at radius 2 is 2.47 bits per heavy atom. The second kappa shape index (κ2) is 4.50. The van der Waals surface area contributed by atoms with Gasteiger partial charge in [0, 0.05) is 25.8 Å². The van der Waals surface area contributed by atoms with Gasteiger partial charge in [-0.1, -0.05) is 0 Å². The molecule has 0 aromatic carbocycles. The first-order valence-electron chi connectivity index (χ1n) is 5.82. The van der Waals surface area contributed by atoms with Crippen molar-refractivity contribution in [3.8, 4) is 0 Å². The third-order valence-corrected chi connectivity index (χ3v) is 3.43. The zero-order valence-corrected chi connectivity index (χ0v) is 10.2. The molecule has 2 heterocycles. The molecule has 2 rings (SSSR count). The molecule has 2 unspecified atom stereocenters. The van der Waals surface area contributed by atoms with Crippen LogP contribution in [-0.2, 0) is 4.74 Å². The Hall–Kier alpha value is -1.33. The highest BCUT2D eigenvalue weighted by Gasteiger charge is 2.39. The van der Waals surface area contributed by atoms with Crippen LogP contribution in [0.15, 0.2) is 12.3 Å². The molecule has 0 spiro atoms. The molecule has 1 aromatic heterocycles. The van der Waals surface area contributed by atoms with Crippen LogP contribution in [-0.4, -0.2) is 34.9 Å². The second-order valence-electron chi connectivity index (χ2n) is 4.61. The number of aliphatic hydroxyl groups is 1. The van der Waals surface area contributed by atoms with E-state index in [0.29, 0.717) is 31.1 Å². The van der Waals surface area contributed by atoms with Crippen molar-refractivity contribution >= 4 is 11.5 Å². The Balaban J connectivity index is 2.05. The van der Waals surface area contributed by atoms with Crippen molar-refractivity contribution in [2.75, 3.05) is 24.2 Å². The van der Waals surface area contributed by atoms with E-state index >= 15 is 0 Å². The summed E-state index contributed by atoms with van der Waals surface area (Å²) in [4.78, 5) is 4.17. The van der Waals surface area contributed by atoms with Gasteiger partial charge in [-0.05, 0) is 25.5 Å². The monoisotopic (exact) mass is 237 g/mol. The number of nitrogens with zero attached hydrogens (tertiary/aromatic N) is 1. The molecule has 4 N–H and O–H groups in total. The zero-order chi connectivity index (χ0) is 12.5. The summed E-state index contributed by atoms with van der Waals surface area (Å²) in [6.45, 7) is 4.80. The number of hydrogen-bond donors (Lipinski definition) is 3. The first kappa shape index (κ1) is 12.1. The molecule has 0 amide bonds. The minimum Gasteiger partial charge on any atom is -0.396 e. The predicted octanol–water partition coefficient (Wildman–Crippen LogP) is 0.924. The van der Waals surface area contributed by atoms with Gasteiger partial charge in [0.15, 0.2) is 0 Å². The third-order valence-electron chi connectivity index (χ3n) is 3.43. The first-order valence-corrected chi connectivity index (χ1v) is 5.82. The largest absolute Gasteiger partial charge is 0.396 e. The summed E-state index contributed by atoms with van der Waals surface area (Å²) in [7, 11) is 0. The lowest BCUT2D eigenvalue weighted by atomic mass is 9.97. The van der Waals surface area contributed by atoms with Gasteiger partial charge in [-0.3, -0.25) is 0 Å². The number of nitrogen functional groups attached to an aromatic ring is 1. The van der Waals surface area contributed by atoms with E-state index in [9.17, 15) is 5.11 Å². The standard InChI is InChI=1S/C12H19N3O2/c1-8-3-5-14-11(10(8)13)15-7-12(16)4-6-17-9(12)2/h3,5,9,16H,4,6-7,13H2,1-2H3,(H,14,15). The molecule has 5 heteroatoms. The number of hydrogen-bond acceptors (Lipinski definition) is 5. The Morgan fingerprint density at radius 3 is 3.12 bits per heavy atom. The van der Waals surface area contributed by atoms with Crippen LogP contribution in [0.3, 0.4) is 0 Å². The van der Waals surface area contributed by atoms with Crippen LogP contribution in [0.25, 0.3) is 0 Å². The quantitative estimate of drug-likeness (QED) is 0.728. The molecule has 0 radical (unpaired) electrons. The predicted molar refractivity (Wildman–Crippen MR) is 66.9 cm³/mol. The number of aromatic nitrogens is 1. The van der Waals surface area contributed by atoms with Gasteiger partial charge in [0.2, 0.25) is 0 Å². The van der Waals surface area contributed by atoms with Crippen molar-refractivity contribution in [2.24, 2.45) is 0 Å². The van der Waals surface area contributed by atoms with E-state index in [1.807, 2.05) is 19.9 Å². The SMILES string of the molecule is Cc1ccnc(NCC2(O)CCOC2C)c1N. The van der Waals surface area contributed by atoms with Gasteiger partial charge in [0.1, 0.15) is 11.4 Å². The number of nitrogens with one attached hydrogen (secondary N) is 1. The lowest BCUT2D eigenvalue weighted by Crippen LogP contribution is -2.43. The van der Waals surface area contributed by atoms with Crippen molar-refractivity contribution < 1.29 is 9.84 Å². The summed E-state index contributed by atoms with van der Waals surface area (Å²) >= 11 is 0. The van der Waals surface area contributed by atoms with Crippen molar-refractivity contribution in [3.63, 3.8) is 0 Å². The number of aryl methyl sites for hydroxylation is 1.